The Hall–Kier alpha value is -0.870. The van der Waals surface area contributed by atoms with E-state index in [0.29, 0.717) is 5.56 Å². The van der Waals surface area contributed by atoms with Gasteiger partial charge in [-0.15, -0.1) is 0 Å². The minimum absolute atomic E-state index is 0.188. The summed E-state index contributed by atoms with van der Waals surface area (Å²) in [5.41, 5.74) is 1.30. The zero-order valence-corrected chi connectivity index (χ0v) is 10.5. The van der Waals surface area contributed by atoms with Gasteiger partial charge in [0.05, 0.1) is 5.56 Å². The summed E-state index contributed by atoms with van der Waals surface area (Å²) < 4.78 is 0.810. The molecular formula is C12H14BrNO2. The summed E-state index contributed by atoms with van der Waals surface area (Å²) in [6.07, 6.45) is 3.35. The molecule has 86 valence electrons. The number of aromatic carboxylic acids is 1. The summed E-state index contributed by atoms with van der Waals surface area (Å²) >= 11 is 3.30. The molecule has 4 heteroatoms. The van der Waals surface area contributed by atoms with E-state index in [4.69, 9.17) is 0 Å². The highest BCUT2D eigenvalue weighted by Gasteiger charge is 2.20. The van der Waals surface area contributed by atoms with Gasteiger partial charge in [0.2, 0.25) is 0 Å². The van der Waals surface area contributed by atoms with Crippen molar-refractivity contribution in [2.24, 2.45) is 0 Å². The number of piperidine rings is 1. The van der Waals surface area contributed by atoms with Crippen LogP contribution in [0.15, 0.2) is 22.7 Å². The molecular weight excluding hydrogens is 270 g/mol. The third-order valence-electron chi connectivity index (χ3n) is 2.93. The molecule has 0 amide bonds. The van der Waals surface area contributed by atoms with Crippen molar-refractivity contribution in [3.63, 3.8) is 0 Å². The fraction of sp³-hybridized carbons (Fsp3) is 0.417. The van der Waals surface area contributed by atoms with Crippen LogP contribution in [0.2, 0.25) is 0 Å². The Labute approximate surface area is 103 Å². The van der Waals surface area contributed by atoms with E-state index in [1.54, 1.807) is 6.07 Å². The molecule has 16 heavy (non-hydrogen) atoms. The average molecular weight is 284 g/mol. The molecule has 1 aliphatic heterocycles. The molecule has 1 aliphatic rings. The van der Waals surface area contributed by atoms with Gasteiger partial charge in [0.25, 0.3) is 0 Å². The van der Waals surface area contributed by atoms with Crippen LogP contribution >= 0.6 is 15.9 Å². The van der Waals surface area contributed by atoms with Crippen molar-refractivity contribution < 1.29 is 9.90 Å². The van der Waals surface area contributed by atoms with Crippen LogP contribution in [0.3, 0.4) is 0 Å². The predicted octanol–water partition coefficient (Wildman–Crippen LogP) is 2.96. The Morgan fingerprint density at radius 1 is 1.44 bits per heavy atom. The molecule has 1 heterocycles. The standard InChI is InChI=1S/C12H14BrNO2/c13-8-4-5-9(10(7-8)12(15)16)11-3-1-2-6-14-11/h4-5,7,11,14H,1-3,6H2,(H,15,16). The summed E-state index contributed by atoms with van der Waals surface area (Å²) in [6.45, 7) is 0.972. The van der Waals surface area contributed by atoms with E-state index in [1.807, 2.05) is 12.1 Å². The lowest BCUT2D eigenvalue weighted by atomic mass is 9.94. The lowest BCUT2D eigenvalue weighted by Crippen LogP contribution is -2.28. The molecule has 2 N–H and O–H groups in total. The van der Waals surface area contributed by atoms with E-state index in [0.717, 1.165) is 29.4 Å². The van der Waals surface area contributed by atoms with Crippen molar-refractivity contribution in [2.45, 2.75) is 25.3 Å². The molecule has 1 aromatic rings. The number of carboxylic acid groups (broad SMARTS) is 1. The summed E-state index contributed by atoms with van der Waals surface area (Å²) in [7, 11) is 0. The summed E-state index contributed by atoms with van der Waals surface area (Å²) in [4.78, 5) is 11.2. The summed E-state index contributed by atoms with van der Waals surface area (Å²) in [5.74, 6) is -0.858. The van der Waals surface area contributed by atoms with Crippen molar-refractivity contribution in [1.29, 1.82) is 0 Å². The van der Waals surface area contributed by atoms with Crippen LogP contribution in [0.5, 0.6) is 0 Å². The lowest BCUT2D eigenvalue weighted by molar-refractivity contribution is 0.0694. The van der Waals surface area contributed by atoms with Crippen molar-refractivity contribution in [3.05, 3.63) is 33.8 Å². The fourth-order valence-corrected chi connectivity index (χ4v) is 2.50. The average Bonchev–Trinajstić information content (AvgIpc) is 2.30. The van der Waals surface area contributed by atoms with E-state index in [2.05, 4.69) is 21.2 Å². The van der Waals surface area contributed by atoms with E-state index in [1.165, 1.54) is 6.42 Å². The number of carbonyl (C=O) groups is 1. The number of nitrogens with one attached hydrogen (secondary N) is 1. The second-order valence-electron chi connectivity index (χ2n) is 4.04. The van der Waals surface area contributed by atoms with Crippen LogP contribution in [0.1, 0.15) is 41.2 Å². The molecule has 0 saturated carbocycles. The molecule has 0 aliphatic carbocycles. The molecule has 0 aromatic heterocycles. The minimum atomic E-state index is -0.858. The highest BCUT2D eigenvalue weighted by Crippen LogP contribution is 2.27. The third-order valence-corrected chi connectivity index (χ3v) is 3.42. The number of halogens is 1. The second-order valence-corrected chi connectivity index (χ2v) is 4.95. The van der Waals surface area contributed by atoms with Gasteiger partial charge in [-0.2, -0.15) is 0 Å². The van der Waals surface area contributed by atoms with Gasteiger partial charge in [0.15, 0.2) is 0 Å². The molecule has 0 bridgehead atoms. The molecule has 1 aromatic carbocycles. The lowest BCUT2D eigenvalue weighted by Gasteiger charge is -2.25. The SMILES string of the molecule is O=C(O)c1cc(Br)ccc1C1CCCCN1. The van der Waals surface area contributed by atoms with Crippen molar-refractivity contribution in [3.8, 4) is 0 Å². The third kappa shape index (κ3) is 2.44. The minimum Gasteiger partial charge on any atom is -0.478 e. The van der Waals surface area contributed by atoms with Crippen molar-refractivity contribution in [1.82, 2.24) is 5.32 Å². The summed E-state index contributed by atoms with van der Waals surface area (Å²) in [6, 6.07) is 5.66. The highest BCUT2D eigenvalue weighted by atomic mass is 79.9. The number of hydrogen-bond acceptors (Lipinski definition) is 2. The number of hydrogen-bond donors (Lipinski definition) is 2. The number of rotatable bonds is 2. The van der Waals surface area contributed by atoms with Crippen LogP contribution in [0, 0.1) is 0 Å². The van der Waals surface area contributed by atoms with Crippen LogP contribution < -0.4 is 5.32 Å². The van der Waals surface area contributed by atoms with Gasteiger partial charge in [-0.05, 0) is 37.1 Å². The van der Waals surface area contributed by atoms with Crippen molar-refractivity contribution in [2.75, 3.05) is 6.54 Å². The van der Waals surface area contributed by atoms with E-state index >= 15 is 0 Å². The van der Waals surface area contributed by atoms with E-state index < -0.39 is 5.97 Å². The molecule has 1 unspecified atom stereocenters. The maximum Gasteiger partial charge on any atom is 0.336 e. The first kappa shape index (κ1) is 11.6. The van der Waals surface area contributed by atoms with Crippen LogP contribution in [-0.4, -0.2) is 17.6 Å². The summed E-state index contributed by atoms with van der Waals surface area (Å²) in [5, 5.41) is 12.5. The van der Waals surface area contributed by atoms with Crippen LogP contribution in [0.4, 0.5) is 0 Å². The van der Waals surface area contributed by atoms with Gasteiger partial charge in [-0.3, -0.25) is 0 Å². The molecule has 1 atom stereocenters. The van der Waals surface area contributed by atoms with Gasteiger partial charge < -0.3 is 10.4 Å². The first-order valence-electron chi connectivity index (χ1n) is 5.44. The zero-order chi connectivity index (χ0) is 11.5. The maximum absolute atomic E-state index is 11.2. The molecule has 1 fully saturated rings. The fourth-order valence-electron chi connectivity index (χ4n) is 2.13. The first-order chi connectivity index (χ1) is 7.68. The Balaban J connectivity index is 2.34. The maximum atomic E-state index is 11.2. The van der Waals surface area contributed by atoms with Crippen LogP contribution in [0.25, 0.3) is 0 Å². The molecule has 0 spiro atoms. The number of benzene rings is 1. The normalized spacial score (nSPS) is 20.7. The molecule has 1 saturated heterocycles. The Morgan fingerprint density at radius 2 is 2.25 bits per heavy atom. The quantitative estimate of drug-likeness (QED) is 0.877. The molecule has 3 nitrogen and oxygen atoms in total. The van der Waals surface area contributed by atoms with Gasteiger partial charge >= 0.3 is 5.97 Å². The van der Waals surface area contributed by atoms with Gasteiger partial charge in [-0.25, -0.2) is 4.79 Å². The zero-order valence-electron chi connectivity index (χ0n) is 8.87. The smallest absolute Gasteiger partial charge is 0.336 e. The first-order valence-corrected chi connectivity index (χ1v) is 6.24. The highest BCUT2D eigenvalue weighted by molar-refractivity contribution is 9.10. The van der Waals surface area contributed by atoms with E-state index in [-0.39, 0.29) is 6.04 Å². The monoisotopic (exact) mass is 283 g/mol. The number of carboxylic acids is 1. The Morgan fingerprint density at radius 3 is 2.88 bits per heavy atom. The van der Waals surface area contributed by atoms with Gasteiger partial charge in [-0.1, -0.05) is 28.4 Å². The second kappa shape index (κ2) is 4.97. The van der Waals surface area contributed by atoms with Crippen LogP contribution in [-0.2, 0) is 0 Å². The Kier molecular flexibility index (Phi) is 3.61. The Bertz CT molecular complexity index is 400. The topological polar surface area (TPSA) is 49.3 Å². The van der Waals surface area contributed by atoms with E-state index in [9.17, 15) is 9.90 Å². The van der Waals surface area contributed by atoms with Gasteiger partial charge in [0.1, 0.15) is 0 Å². The predicted molar refractivity (Wildman–Crippen MR) is 65.7 cm³/mol. The van der Waals surface area contributed by atoms with Gasteiger partial charge in [0, 0.05) is 10.5 Å². The molecule has 2 rings (SSSR count). The van der Waals surface area contributed by atoms with Crippen molar-refractivity contribution >= 4 is 21.9 Å². The molecule has 0 radical (unpaired) electrons. The largest absolute Gasteiger partial charge is 0.478 e.